The molecule has 0 saturated heterocycles. The predicted octanol–water partition coefficient (Wildman–Crippen LogP) is 2.83. The van der Waals surface area contributed by atoms with E-state index in [9.17, 15) is 4.79 Å². The van der Waals surface area contributed by atoms with Gasteiger partial charge >= 0.3 is 0 Å². The number of carbonyl (C=O) groups is 1. The van der Waals surface area contributed by atoms with Crippen LogP contribution in [0.5, 0.6) is 0 Å². The van der Waals surface area contributed by atoms with Crippen molar-refractivity contribution in [2.45, 2.75) is 38.4 Å². The Kier molecular flexibility index (Phi) is 4.15. The molecule has 1 aromatic rings. The van der Waals surface area contributed by atoms with Gasteiger partial charge in [-0.1, -0.05) is 29.3 Å². The van der Waals surface area contributed by atoms with Gasteiger partial charge < -0.3 is 10.6 Å². The summed E-state index contributed by atoms with van der Waals surface area (Å²) in [7, 11) is 0. The summed E-state index contributed by atoms with van der Waals surface area (Å²) in [6.45, 7) is 2.21. The Morgan fingerprint density at radius 1 is 1.50 bits per heavy atom. The number of amides is 1. The number of benzene rings is 1. The molecule has 5 heteroatoms. The molecule has 1 aliphatic carbocycles. The van der Waals surface area contributed by atoms with Crippen molar-refractivity contribution < 1.29 is 4.79 Å². The molecule has 1 saturated carbocycles. The van der Waals surface area contributed by atoms with Gasteiger partial charge in [0.1, 0.15) is 0 Å². The van der Waals surface area contributed by atoms with Crippen molar-refractivity contribution in [3.63, 3.8) is 0 Å². The highest BCUT2D eigenvalue weighted by Crippen LogP contribution is 2.31. The molecule has 18 heavy (non-hydrogen) atoms. The molecule has 0 radical (unpaired) electrons. The van der Waals surface area contributed by atoms with Crippen LogP contribution in [-0.4, -0.2) is 22.9 Å². The third-order valence-electron chi connectivity index (χ3n) is 3.02. The molecule has 3 nitrogen and oxygen atoms in total. The Balaban J connectivity index is 2.16. The number of nitrogens with zero attached hydrogens (tertiary/aromatic N) is 1. The van der Waals surface area contributed by atoms with E-state index in [1.165, 1.54) is 0 Å². The van der Waals surface area contributed by atoms with Crippen LogP contribution in [0.2, 0.25) is 10.0 Å². The van der Waals surface area contributed by atoms with Crippen LogP contribution in [0, 0.1) is 0 Å². The minimum atomic E-state index is -0.475. The van der Waals surface area contributed by atoms with E-state index in [2.05, 4.69) is 0 Å². The first kappa shape index (κ1) is 13.7. The van der Waals surface area contributed by atoms with Gasteiger partial charge in [0, 0.05) is 22.6 Å². The summed E-state index contributed by atoms with van der Waals surface area (Å²) in [5.41, 5.74) is 6.58. The monoisotopic (exact) mass is 286 g/mol. The molecule has 2 rings (SSSR count). The molecule has 1 unspecified atom stereocenters. The quantitative estimate of drug-likeness (QED) is 0.925. The zero-order valence-electron chi connectivity index (χ0n) is 10.2. The van der Waals surface area contributed by atoms with Crippen molar-refractivity contribution in [3.05, 3.63) is 33.8 Å². The molecule has 0 aromatic heterocycles. The normalized spacial score (nSPS) is 16.4. The Bertz CT molecular complexity index is 458. The van der Waals surface area contributed by atoms with Gasteiger partial charge in [0.25, 0.3) is 0 Å². The summed E-state index contributed by atoms with van der Waals surface area (Å²) in [6, 6.07) is 5.17. The fourth-order valence-electron chi connectivity index (χ4n) is 1.87. The van der Waals surface area contributed by atoms with E-state index in [0.29, 0.717) is 22.6 Å². The molecule has 1 amide bonds. The molecular formula is C13H16Cl2N2O. The number of hydrogen-bond acceptors (Lipinski definition) is 2. The summed E-state index contributed by atoms with van der Waals surface area (Å²) in [4.78, 5) is 13.9. The van der Waals surface area contributed by atoms with E-state index in [-0.39, 0.29) is 5.91 Å². The van der Waals surface area contributed by atoms with Gasteiger partial charge in [0.05, 0.1) is 6.04 Å². The number of halogens is 2. The summed E-state index contributed by atoms with van der Waals surface area (Å²) in [5, 5.41) is 1.19. The molecule has 1 atom stereocenters. The van der Waals surface area contributed by atoms with Crippen LogP contribution < -0.4 is 5.73 Å². The van der Waals surface area contributed by atoms with Gasteiger partial charge in [-0.25, -0.2) is 0 Å². The van der Waals surface area contributed by atoms with Crippen molar-refractivity contribution in [1.29, 1.82) is 0 Å². The first-order valence-corrected chi connectivity index (χ1v) is 6.74. The SMILES string of the molecule is CC(N)C(=O)N(Cc1ccc(Cl)cc1Cl)C1CC1. The van der Waals surface area contributed by atoms with E-state index in [1.807, 2.05) is 11.0 Å². The topological polar surface area (TPSA) is 46.3 Å². The molecule has 0 bridgehead atoms. The van der Waals surface area contributed by atoms with Crippen LogP contribution >= 0.6 is 23.2 Å². The largest absolute Gasteiger partial charge is 0.334 e. The Labute approximate surface area is 117 Å². The second-order valence-corrected chi connectivity index (χ2v) is 5.57. The lowest BCUT2D eigenvalue weighted by Gasteiger charge is -2.24. The molecule has 2 N–H and O–H groups in total. The lowest BCUT2D eigenvalue weighted by Crippen LogP contribution is -2.42. The lowest BCUT2D eigenvalue weighted by molar-refractivity contribution is -0.133. The maximum Gasteiger partial charge on any atom is 0.239 e. The van der Waals surface area contributed by atoms with E-state index in [0.717, 1.165) is 18.4 Å². The molecule has 1 aromatic carbocycles. The van der Waals surface area contributed by atoms with Crippen LogP contribution in [-0.2, 0) is 11.3 Å². The third-order valence-corrected chi connectivity index (χ3v) is 3.60. The number of hydrogen-bond donors (Lipinski definition) is 1. The lowest BCUT2D eigenvalue weighted by atomic mass is 10.2. The summed E-state index contributed by atoms with van der Waals surface area (Å²) < 4.78 is 0. The molecular weight excluding hydrogens is 271 g/mol. The van der Waals surface area contributed by atoms with Gasteiger partial charge in [-0.2, -0.15) is 0 Å². The van der Waals surface area contributed by atoms with Crippen molar-refractivity contribution in [2.24, 2.45) is 5.73 Å². The smallest absolute Gasteiger partial charge is 0.239 e. The van der Waals surface area contributed by atoms with E-state index < -0.39 is 6.04 Å². The molecule has 1 fully saturated rings. The first-order valence-electron chi connectivity index (χ1n) is 5.99. The van der Waals surface area contributed by atoms with Crippen LogP contribution in [0.25, 0.3) is 0 Å². The van der Waals surface area contributed by atoms with Crippen molar-refractivity contribution >= 4 is 29.1 Å². The molecule has 1 aliphatic rings. The van der Waals surface area contributed by atoms with Crippen LogP contribution in [0.3, 0.4) is 0 Å². The van der Waals surface area contributed by atoms with Crippen LogP contribution in [0.15, 0.2) is 18.2 Å². The highest BCUT2D eigenvalue weighted by molar-refractivity contribution is 6.35. The first-order chi connectivity index (χ1) is 8.49. The molecule has 0 spiro atoms. The maximum absolute atomic E-state index is 12.0. The van der Waals surface area contributed by atoms with Crippen LogP contribution in [0.4, 0.5) is 0 Å². The summed E-state index contributed by atoms with van der Waals surface area (Å²) in [5.74, 6) is -0.0245. The van der Waals surface area contributed by atoms with Gasteiger partial charge in [0.2, 0.25) is 5.91 Å². The van der Waals surface area contributed by atoms with E-state index in [1.54, 1.807) is 19.1 Å². The van der Waals surface area contributed by atoms with Crippen molar-refractivity contribution in [2.75, 3.05) is 0 Å². The Morgan fingerprint density at radius 2 is 2.17 bits per heavy atom. The van der Waals surface area contributed by atoms with Crippen molar-refractivity contribution in [3.8, 4) is 0 Å². The van der Waals surface area contributed by atoms with Gasteiger partial charge in [-0.15, -0.1) is 0 Å². The average molecular weight is 287 g/mol. The van der Waals surface area contributed by atoms with Gasteiger partial charge in [0.15, 0.2) is 0 Å². The summed E-state index contributed by atoms with van der Waals surface area (Å²) >= 11 is 12.0. The fraction of sp³-hybridized carbons (Fsp3) is 0.462. The van der Waals surface area contributed by atoms with E-state index >= 15 is 0 Å². The van der Waals surface area contributed by atoms with Gasteiger partial charge in [-0.05, 0) is 37.5 Å². The highest BCUT2D eigenvalue weighted by Gasteiger charge is 2.33. The minimum Gasteiger partial charge on any atom is -0.334 e. The third kappa shape index (κ3) is 3.16. The fourth-order valence-corrected chi connectivity index (χ4v) is 2.34. The van der Waals surface area contributed by atoms with Gasteiger partial charge in [-0.3, -0.25) is 4.79 Å². The molecule has 0 aliphatic heterocycles. The Morgan fingerprint density at radius 3 is 2.67 bits per heavy atom. The zero-order chi connectivity index (χ0) is 13.3. The highest BCUT2D eigenvalue weighted by atomic mass is 35.5. The molecule has 0 heterocycles. The number of carbonyl (C=O) groups excluding carboxylic acids is 1. The second-order valence-electron chi connectivity index (χ2n) is 4.72. The minimum absolute atomic E-state index is 0.0245. The molecule has 98 valence electrons. The number of rotatable bonds is 4. The maximum atomic E-state index is 12.0. The average Bonchev–Trinajstić information content (AvgIpc) is 3.11. The van der Waals surface area contributed by atoms with E-state index in [4.69, 9.17) is 28.9 Å². The predicted molar refractivity (Wildman–Crippen MR) is 73.7 cm³/mol. The number of nitrogens with two attached hydrogens (primary N) is 1. The summed E-state index contributed by atoms with van der Waals surface area (Å²) in [6.07, 6.45) is 2.09. The van der Waals surface area contributed by atoms with Crippen LogP contribution in [0.1, 0.15) is 25.3 Å². The zero-order valence-corrected chi connectivity index (χ0v) is 11.7. The Hall–Kier alpha value is -0.770. The second kappa shape index (κ2) is 5.47. The van der Waals surface area contributed by atoms with Crippen molar-refractivity contribution in [1.82, 2.24) is 4.90 Å². The standard InChI is InChI=1S/C13H16Cl2N2O/c1-8(16)13(18)17(11-4-5-11)7-9-2-3-10(14)6-12(9)15/h2-3,6,8,11H,4-5,7,16H2,1H3.